The fraction of sp³-hybridized carbons (Fsp3) is 0.389. The van der Waals surface area contributed by atoms with E-state index in [0.29, 0.717) is 0 Å². The Morgan fingerprint density at radius 1 is 1.19 bits per heavy atom. The molecule has 1 aromatic heterocycles. The van der Waals surface area contributed by atoms with E-state index in [1.165, 1.54) is 35.1 Å². The molecule has 2 nitrogen and oxygen atoms in total. The molecular weight excluding hydrogens is 276 g/mol. The van der Waals surface area contributed by atoms with Crippen LogP contribution in [0.1, 0.15) is 35.1 Å². The molecule has 1 aliphatic rings. The Morgan fingerprint density at radius 2 is 2.05 bits per heavy atom. The number of hydrogen-bond acceptors (Lipinski definition) is 3. The summed E-state index contributed by atoms with van der Waals surface area (Å²) in [6.07, 6.45) is 4.68. The maximum absolute atomic E-state index is 4.64. The Hall–Kier alpha value is -1.32. The summed E-state index contributed by atoms with van der Waals surface area (Å²) in [4.78, 5) is 4.64. The first kappa shape index (κ1) is 14.6. The van der Waals surface area contributed by atoms with Crippen LogP contribution < -0.4 is 5.32 Å². The summed E-state index contributed by atoms with van der Waals surface area (Å²) < 4.78 is 0. The van der Waals surface area contributed by atoms with Crippen molar-refractivity contribution in [3.63, 3.8) is 0 Å². The SMILES string of the molecule is Cc1cccc(CSc2ncc(CNC3CC3)cc2C)c1. The van der Waals surface area contributed by atoms with E-state index in [0.717, 1.165) is 23.4 Å². The molecule has 0 amide bonds. The molecule has 1 fully saturated rings. The Balaban J connectivity index is 1.59. The molecule has 3 heteroatoms. The highest BCUT2D eigenvalue weighted by atomic mass is 32.2. The van der Waals surface area contributed by atoms with Crippen LogP contribution >= 0.6 is 11.8 Å². The highest BCUT2D eigenvalue weighted by Crippen LogP contribution is 2.25. The van der Waals surface area contributed by atoms with Crippen molar-refractivity contribution in [2.75, 3.05) is 0 Å². The van der Waals surface area contributed by atoms with E-state index in [1.807, 2.05) is 18.0 Å². The minimum Gasteiger partial charge on any atom is -0.310 e. The summed E-state index contributed by atoms with van der Waals surface area (Å²) in [5, 5.41) is 4.68. The zero-order chi connectivity index (χ0) is 14.7. The Labute approximate surface area is 131 Å². The minimum absolute atomic E-state index is 0.751. The van der Waals surface area contributed by atoms with Gasteiger partial charge in [-0.2, -0.15) is 0 Å². The fourth-order valence-corrected chi connectivity index (χ4v) is 3.27. The molecule has 21 heavy (non-hydrogen) atoms. The van der Waals surface area contributed by atoms with Crippen molar-refractivity contribution in [3.8, 4) is 0 Å². The van der Waals surface area contributed by atoms with Gasteiger partial charge in [0, 0.05) is 24.5 Å². The van der Waals surface area contributed by atoms with Crippen LogP contribution in [0.2, 0.25) is 0 Å². The molecule has 0 atom stereocenters. The normalized spacial score (nSPS) is 14.4. The van der Waals surface area contributed by atoms with E-state index in [9.17, 15) is 0 Å². The van der Waals surface area contributed by atoms with Gasteiger partial charge in [0.15, 0.2) is 0 Å². The standard InChI is InChI=1S/C18H22N2S/c1-13-4-3-5-15(8-13)12-21-18-14(2)9-16(11-20-18)10-19-17-6-7-17/h3-5,8-9,11,17,19H,6-7,10,12H2,1-2H3. The smallest absolute Gasteiger partial charge is 0.0992 e. The zero-order valence-corrected chi connectivity index (χ0v) is 13.5. The molecule has 110 valence electrons. The highest BCUT2D eigenvalue weighted by Gasteiger charge is 2.20. The lowest BCUT2D eigenvalue weighted by Gasteiger charge is -2.08. The van der Waals surface area contributed by atoms with Gasteiger partial charge in [0.25, 0.3) is 0 Å². The third-order valence-electron chi connectivity index (χ3n) is 3.72. The summed E-state index contributed by atoms with van der Waals surface area (Å²) >= 11 is 1.82. The molecule has 0 radical (unpaired) electrons. The van der Waals surface area contributed by atoms with E-state index >= 15 is 0 Å². The molecule has 1 aliphatic carbocycles. The lowest BCUT2D eigenvalue weighted by Crippen LogP contribution is -2.15. The number of rotatable bonds is 6. The van der Waals surface area contributed by atoms with Crippen molar-refractivity contribution in [2.24, 2.45) is 0 Å². The number of pyridine rings is 1. The maximum atomic E-state index is 4.64. The summed E-state index contributed by atoms with van der Waals surface area (Å²) in [6, 6.07) is 11.7. The van der Waals surface area contributed by atoms with Crippen LogP contribution in [0.5, 0.6) is 0 Å². The third kappa shape index (κ3) is 4.32. The van der Waals surface area contributed by atoms with Crippen LogP contribution in [0.25, 0.3) is 0 Å². The largest absolute Gasteiger partial charge is 0.310 e. The first-order valence-electron chi connectivity index (χ1n) is 7.58. The van der Waals surface area contributed by atoms with Gasteiger partial charge in [0.05, 0.1) is 5.03 Å². The predicted octanol–water partition coefficient (Wildman–Crippen LogP) is 4.24. The van der Waals surface area contributed by atoms with Crippen molar-refractivity contribution >= 4 is 11.8 Å². The van der Waals surface area contributed by atoms with Crippen molar-refractivity contribution in [3.05, 3.63) is 58.8 Å². The van der Waals surface area contributed by atoms with Crippen LogP contribution in [0.3, 0.4) is 0 Å². The second-order valence-electron chi connectivity index (χ2n) is 5.90. The van der Waals surface area contributed by atoms with Gasteiger partial charge in [-0.3, -0.25) is 0 Å². The highest BCUT2D eigenvalue weighted by molar-refractivity contribution is 7.98. The molecule has 1 saturated carbocycles. The average molecular weight is 298 g/mol. The number of nitrogens with one attached hydrogen (secondary N) is 1. The zero-order valence-electron chi connectivity index (χ0n) is 12.7. The van der Waals surface area contributed by atoms with E-state index in [4.69, 9.17) is 0 Å². The first-order valence-corrected chi connectivity index (χ1v) is 8.56. The van der Waals surface area contributed by atoms with E-state index in [1.54, 1.807) is 0 Å². The minimum atomic E-state index is 0.751. The molecule has 1 heterocycles. The molecule has 0 saturated heterocycles. The van der Waals surface area contributed by atoms with Crippen LogP contribution in [0.4, 0.5) is 0 Å². The Kier molecular flexibility index (Phi) is 4.61. The molecular formula is C18H22N2S. The Morgan fingerprint density at radius 3 is 2.76 bits per heavy atom. The summed E-state index contributed by atoms with van der Waals surface area (Å²) in [5.41, 5.74) is 5.25. The van der Waals surface area contributed by atoms with Crippen LogP contribution in [-0.2, 0) is 12.3 Å². The summed E-state index contributed by atoms with van der Waals surface area (Å²) in [5.74, 6) is 0.981. The van der Waals surface area contributed by atoms with E-state index < -0.39 is 0 Å². The van der Waals surface area contributed by atoms with Crippen LogP contribution in [-0.4, -0.2) is 11.0 Å². The molecule has 0 aliphatic heterocycles. The lowest BCUT2D eigenvalue weighted by atomic mass is 10.2. The van der Waals surface area contributed by atoms with Gasteiger partial charge in [-0.25, -0.2) is 4.98 Å². The number of hydrogen-bond donors (Lipinski definition) is 1. The van der Waals surface area contributed by atoms with Crippen LogP contribution in [0, 0.1) is 13.8 Å². The second kappa shape index (κ2) is 6.63. The van der Waals surface area contributed by atoms with Crippen molar-refractivity contribution in [1.82, 2.24) is 10.3 Å². The Bertz CT molecular complexity index is 620. The van der Waals surface area contributed by atoms with Crippen molar-refractivity contribution in [1.29, 1.82) is 0 Å². The van der Waals surface area contributed by atoms with Gasteiger partial charge in [0.2, 0.25) is 0 Å². The molecule has 0 bridgehead atoms. The topological polar surface area (TPSA) is 24.9 Å². The van der Waals surface area contributed by atoms with E-state index in [-0.39, 0.29) is 0 Å². The molecule has 0 spiro atoms. The maximum Gasteiger partial charge on any atom is 0.0992 e. The second-order valence-corrected chi connectivity index (χ2v) is 6.86. The molecule has 2 aromatic rings. The number of aryl methyl sites for hydroxylation is 2. The summed E-state index contributed by atoms with van der Waals surface area (Å²) in [7, 11) is 0. The average Bonchev–Trinajstić information content (AvgIpc) is 3.28. The number of benzene rings is 1. The van der Waals surface area contributed by atoms with Gasteiger partial charge < -0.3 is 5.32 Å². The van der Waals surface area contributed by atoms with Crippen LogP contribution in [0.15, 0.2) is 41.6 Å². The predicted molar refractivity (Wildman–Crippen MR) is 89.6 cm³/mol. The number of nitrogens with zero attached hydrogens (tertiary/aromatic N) is 1. The van der Waals surface area contributed by atoms with Gasteiger partial charge in [-0.05, 0) is 43.4 Å². The van der Waals surface area contributed by atoms with Gasteiger partial charge >= 0.3 is 0 Å². The third-order valence-corrected chi connectivity index (χ3v) is 4.90. The van der Waals surface area contributed by atoms with Gasteiger partial charge in [0.1, 0.15) is 0 Å². The quantitative estimate of drug-likeness (QED) is 0.807. The number of thioether (sulfide) groups is 1. The van der Waals surface area contributed by atoms with Crippen molar-refractivity contribution < 1.29 is 0 Å². The van der Waals surface area contributed by atoms with E-state index in [2.05, 4.69) is 54.5 Å². The molecule has 3 rings (SSSR count). The monoisotopic (exact) mass is 298 g/mol. The van der Waals surface area contributed by atoms with Gasteiger partial charge in [-0.1, -0.05) is 35.9 Å². The molecule has 1 N–H and O–H groups in total. The number of aromatic nitrogens is 1. The van der Waals surface area contributed by atoms with Gasteiger partial charge in [-0.15, -0.1) is 11.8 Å². The van der Waals surface area contributed by atoms with Crippen molar-refractivity contribution in [2.45, 2.75) is 50.1 Å². The molecule has 1 aromatic carbocycles. The fourth-order valence-electron chi connectivity index (χ4n) is 2.37. The molecule has 0 unspecified atom stereocenters. The summed E-state index contributed by atoms with van der Waals surface area (Å²) in [6.45, 7) is 5.24. The first-order chi connectivity index (χ1) is 10.2. The lowest BCUT2D eigenvalue weighted by molar-refractivity contribution is 0.684.